The van der Waals surface area contributed by atoms with E-state index in [2.05, 4.69) is 26.1 Å². The molecule has 31 heavy (non-hydrogen) atoms. The van der Waals surface area contributed by atoms with Crippen LogP contribution in [0.2, 0.25) is 0 Å². The molecule has 0 bridgehead atoms. The maximum absolute atomic E-state index is 14.8. The first-order valence-electron chi connectivity index (χ1n) is 11.1. The van der Waals surface area contributed by atoms with E-state index in [0.717, 1.165) is 32.4 Å². The second kappa shape index (κ2) is 10.8. The predicted molar refractivity (Wildman–Crippen MR) is 117 cm³/mol. The van der Waals surface area contributed by atoms with Crippen molar-refractivity contribution in [2.24, 2.45) is 11.3 Å². The summed E-state index contributed by atoms with van der Waals surface area (Å²) in [5.41, 5.74) is 0.630. The minimum absolute atomic E-state index is 0.0959. The summed E-state index contributed by atoms with van der Waals surface area (Å²) in [6.07, 6.45) is 5.81. The zero-order valence-corrected chi connectivity index (χ0v) is 18.8. The number of rotatable bonds is 6. The number of hydrogen-bond acceptors (Lipinski definition) is 4. The summed E-state index contributed by atoms with van der Waals surface area (Å²) in [6.45, 7) is 10.3. The topological polar surface area (TPSA) is 66.5 Å². The molecule has 1 aromatic rings. The molecule has 0 spiro atoms. The molecule has 0 aromatic heterocycles. The van der Waals surface area contributed by atoms with E-state index in [-0.39, 0.29) is 18.4 Å². The van der Waals surface area contributed by atoms with Gasteiger partial charge in [-0.2, -0.15) is 0 Å². The number of halogens is 2. The molecule has 2 fully saturated rings. The van der Waals surface area contributed by atoms with Crippen molar-refractivity contribution in [1.82, 2.24) is 5.32 Å². The van der Waals surface area contributed by atoms with Crippen LogP contribution in [-0.2, 0) is 14.4 Å². The van der Waals surface area contributed by atoms with E-state index in [0.29, 0.717) is 17.0 Å². The molecule has 5 nitrogen and oxygen atoms in total. The van der Waals surface area contributed by atoms with Crippen molar-refractivity contribution in [2.75, 3.05) is 18.0 Å². The van der Waals surface area contributed by atoms with Crippen LogP contribution in [0, 0.1) is 23.0 Å². The van der Waals surface area contributed by atoms with Crippen LogP contribution in [0.4, 0.5) is 14.5 Å². The van der Waals surface area contributed by atoms with Crippen molar-refractivity contribution in [1.29, 1.82) is 0 Å². The Morgan fingerprint density at radius 1 is 1.16 bits per heavy atom. The fourth-order valence-electron chi connectivity index (χ4n) is 4.67. The van der Waals surface area contributed by atoms with Crippen molar-refractivity contribution in [3.63, 3.8) is 0 Å². The van der Waals surface area contributed by atoms with E-state index < -0.39 is 29.4 Å². The lowest BCUT2D eigenvalue weighted by molar-refractivity contribution is -0.134. The number of piperidine rings is 2. The van der Waals surface area contributed by atoms with Gasteiger partial charge in [-0.1, -0.05) is 33.6 Å². The van der Waals surface area contributed by atoms with Crippen LogP contribution in [0.15, 0.2) is 12.1 Å². The Morgan fingerprint density at radius 3 is 2.23 bits per heavy atom. The molecule has 1 aromatic carbocycles. The molecule has 2 aliphatic rings. The van der Waals surface area contributed by atoms with Gasteiger partial charge in [-0.05, 0) is 49.1 Å². The third kappa shape index (κ3) is 5.89. The lowest BCUT2D eigenvalue weighted by Gasteiger charge is -2.43. The largest absolute Gasteiger partial charge is 0.371 e. The van der Waals surface area contributed by atoms with E-state index in [1.807, 2.05) is 11.7 Å². The van der Waals surface area contributed by atoms with Gasteiger partial charge >= 0.3 is 0 Å². The van der Waals surface area contributed by atoms with Gasteiger partial charge in [0.2, 0.25) is 11.8 Å². The fraction of sp³-hybridized carbons (Fsp3) is 0.625. The van der Waals surface area contributed by atoms with Gasteiger partial charge in [-0.15, -0.1) is 0 Å². The van der Waals surface area contributed by atoms with E-state index in [1.54, 1.807) is 0 Å². The molecule has 2 heterocycles. The van der Waals surface area contributed by atoms with Crippen LogP contribution < -0.4 is 10.2 Å². The average Bonchev–Trinajstić information content (AvgIpc) is 2.75. The SMILES string of the molecule is C=O.CCC1(CCC(C)C)CCN(c2cc(F)c(C3CCC(=O)NC3=O)c(F)c2)CC1. The summed E-state index contributed by atoms with van der Waals surface area (Å²) in [6, 6.07) is 2.68. The number of carbonyl (C=O) groups excluding carboxylic acids is 3. The highest BCUT2D eigenvalue weighted by Crippen LogP contribution is 2.42. The quantitative estimate of drug-likeness (QED) is 0.655. The summed E-state index contributed by atoms with van der Waals surface area (Å²) >= 11 is 0. The highest BCUT2D eigenvalue weighted by molar-refractivity contribution is 6.01. The molecule has 2 saturated heterocycles. The van der Waals surface area contributed by atoms with Gasteiger partial charge in [0.1, 0.15) is 18.4 Å². The predicted octanol–water partition coefficient (Wildman–Crippen LogP) is 4.73. The van der Waals surface area contributed by atoms with E-state index in [9.17, 15) is 18.4 Å². The first-order valence-corrected chi connectivity index (χ1v) is 11.1. The number of anilines is 1. The summed E-state index contributed by atoms with van der Waals surface area (Å²) in [5, 5.41) is 2.17. The first kappa shape index (κ1) is 25.0. The molecule has 172 valence electrons. The maximum atomic E-state index is 14.8. The Morgan fingerprint density at radius 2 is 1.74 bits per heavy atom. The number of hydrogen-bond donors (Lipinski definition) is 1. The Kier molecular flexibility index (Phi) is 8.71. The zero-order valence-electron chi connectivity index (χ0n) is 18.8. The Bertz CT molecular complexity index is 766. The average molecular weight is 437 g/mol. The molecule has 7 heteroatoms. The summed E-state index contributed by atoms with van der Waals surface area (Å²) in [4.78, 5) is 33.4. The van der Waals surface area contributed by atoms with Crippen LogP contribution in [0.1, 0.15) is 77.2 Å². The summed E-state index contributed by atoms with van der Waals surface area (Å²) < 4.78 is 29.6. The van der Waals surface area contributed by atoms with Crippen LogP contribution in [0.25, 0.3) is 0 Å². The number of benzene rings is 1. The molecular weight excluding hydrogens is 402 g/mol. The van der Waals surface area contributed by atoms with Crippen molar-refractivity contribution in [3.8, 4) is 0 Å². The molecule has 0 aliphatic carbocycles. The number of imide groups is 1. The lowest BCUT2D eigenvalue weighted by Crippen LogP contribution is -2.41. The van der Waals surface area contributed by atoms with Crippen LogP contribution in [0.5, 0.6) is 0 Å². The van der Waals surface area contributed by atoms with Gasteiger partial charge in [-0.25, -0.2) is 8.78 Å². The molecule has 1 atom stereocenters. The molecular formula is C24H34F2N2O3. The first-order chi connectivity index (χ1) is 14.7. The van der Waals surface area contributed by atoms with Gasteiger partial charge in [0.25, 0.3) is 0 Å². The fourth-order valence-corrected chi connectivity index (χ4v) is 4.67. The molecule has 2 amide bonds. The Balaban J connectivity index is 0.00000166. The van der Waals surface area contributed by atoms with Gasteiger partial charge in [0.05, 0.1) is 5.92 Å². The van der Waals surface area contributed by atoms with Gasteiger partial charge in [-0.3, -0.25) is 14.9 Å². The highest BCUT2D eigenvalue weighted by atomic mass is 19.1. The molecule has 3 rings (SSSR count). The smallest absolute Gasteiger partial charge is 0.234 e. The van der Waals surface area contributed by atoms with Gasteiger partial charge in [0.15, 0.2) is 0 Å². The van der Waals surface area contributed by atoms with Crippen molar-refractivity contribution in [2.45, 2.75) is 71.6 Å². The maximum Gasteiger partial charge on any atom is 0.234 e. The second-order valence-electron chi connectivity index (χ2n) is 9.10. The molecule has 0 saturated carbocycles. The second-order valence-corrected chi connectivity index (χ2v) is 9.10. The molecule has 1 N–H and O–H groups in total. The number of nitrogens with one attached hydrogen (secondary N) is 1. The number of carbonyl (C=O) groups is 3. The third-order valence-electron chi connectivity index (χ3n) is 6.84. The minimum atomic E-state index is -0.952. The Hall–Kier alpha value is -2.31. The standard InChI is InChI=1S/C23H32F2N2O2.CH2O/c1-4-23(8-7-15(2)3)9-11-27(12-10-23)16-13-18(24)21(19(25)14-16)17-5-6-20(28)26-22(17)29;1-2/h13-15,17H,4-12H2,1-3H3,(H,26,28,29);1H2. The number of nitrogens with zero attached hydrogens (tertiary/aromatic N) is 1. The lowest BCUT2D eigenvalue weighted by atomic mass is 9.72. The third-order valence-corrected chi connectivity index (χ3v) is 6.84. The van der Waals surface area contributed by atoms with Gasteiger partial charge in [0, 0.05) is 30.8 Å². The zero-order chi connectivity index (χ0) is 23.2. The minimum Gasteiger partial charge on any atom is -0.371 e. The summed E-state index contributed by atoms with van der Waals surface area (Å²) in [5.74, 6) is -2.70. The van der Waals surface area contributed by atoms with Crippen molar-refractivity contribution in [3.05, 3.63) is 29.3 Å². The molecule has 2 aliphatic heterocycles. The Labute approximate surface area is 183 Å². The van der Waals surface area contributed by atoms with E-state index >= 15 is 0 Å². The monoisotopic (exact) mass is 436 g/mol. The van der Waals surface area contributed by atoms with E-state index in [1.165, 1.54) is 25.0 Å². The molecule has 0 radical (unpaired) electrons. The van der Waals surface area contributed by atoms with Crippen LogP contribution in [0.3, 0.4) is 0 Å². The van der Waals surface area contributed by atoms with E-state index in [4.69, 9.17) is 4.79 Å². The normalized spacial score (nSPS) is 20.8. The van der Waals surface area contributed by atoms with Crippen LogP contribution in [-0.4, -0.2) is 31.7 Å². The van der Waals surface area contributed by atoms with Crippen molar-refractivity contribution < 1.29 is 23.2 Å². The number of amides is 2. The van der Waals surface area contributed by atoms with Crippen LogP contribution >= 0.6 is 0 Å². The molecule has 1 unspecified atom stereocenters. The van der Waals surface area contributed by atoms with Gasteiger partial charge < -0.3 is 9.69 Å². The van der Waals surface area contributed by atoms with Crippen molar-refractivity contribution >= 4 is 24.3 Å². The highest BCUT2D eigenvalue weighted by Gasteiger charge is 2.35. The summed E-state index contributed by atoms with van der Waals surface area (Å²) in [7, 11) is 0.